The molecule has 0 unspecified atom stereocenters. The van der Waals surface area contributed by atoms with E-state index in [1.54, 1.807) is 23.9 Å². The Kier molecular flexibility index (Phi) is 8.49. The van der Waals surface area contributed by atoms with E-state index in [0.717, 1.165) is 35.9 Å². The Labute approximate surface area is 209 Å². The molecule has 1 amide bonds. The lowest BCUT2D eigenvalue weighted by Gasteiger charge is -2.14. The van der Waals surface area contributed by atoms with Crippen molar-refractivity contribution in [2.24, 2.45) is 0 Å². The van der Waals surface area contributed by atoms with E-state index in [2.05, 4.69) is 27.6 Å². The molecule has 10 heteroatoms. The molecule has 1 aliphatic heterocycles. The van der Waals surface area contributed by atoms with E-state index < -0.39 is 0 Å². The van der Waals surface area contributed by atoms with Crippen molar-refractivity contribution in [1.82, 2.24) is 20.1 Å². The van der Waals surface area contributed by atoms with Crippen LogP contribution in [0.2, 0.25) is 0 Å². The number of ether oxygens (including phenoxy) is 4. The van der Waals surface area contributed by atoms with Gasteiger partial charge >= 0.3 is 0 Å². The first kappa shape index (κ1) is 24.9. The van der Waals surface area contributed by atoms with Gasteiger partial charge in [0.05, 0.1) is 40.5 Å². The standard InChI is InChI=1S/C25H30N4O5S/c1-31-20-12-18(13-21(32-2)23(20)33-3)24(30)26-14-22-27-28-25(35-16-19-10-7-11-34-19)29(22)15-17-8-5-4-6-9-17/h4-6,8-9,12-13,19H,7,10-11,14-16H2,1-3H3,(H,26,30)/t19-/m0/s1. The van der Waals surface area contributed by atoms with Gasteiger partial charge in [0.15, 0.2) is 22.5 Å². The Morgan fingerprint density at radius 3 is 2.49 bits per heavy atom. The highest BCUT2D eigenvalue weighted by Crippen LogP contribution is 2.38. The van der Waals surface area contributed by atoms with Crippen molar-refractivity contribution >= 4 is 17.7 Å². The molecule has 1 aromatic heterocycles. The highest BCUT2D eigenvalue weighted by Gasteiger charge is 2.21. The molecule has 1 saturated heterocycles. The highest BCUT2D eigenvalue weighted by molar-refractivity contribution is 7.99. The summed E-state index contributed by atoms with van der Waals surface area (Å²) in [5.41, 5.74) is 1.52. The molecule has 2 heterocycles. The number of carbonyl (C=O) groups excluding carboxylic acids is 1. The fourth-order valence-electron chi connectivity index (χ4n) is 3.90. The van der Waals surface area contributed by atoms with Gasteiger partial charge in [-0.2, -0.15) is 0 Å². The number of thioether (sulfide) groups is 1. The van der Waals surface area contributed by atoms with Crippen LogP contribution in [0.3, 0.4) is 0 Å². The van der Waals surface area contributed by atoms with Gasteiger partial charge in [0.1, 0.15) is 0 Å². The second-order valence-electron chi connectivity index (χ2n) is 8.01. The third-order valence-corrected chi connectivity index (χ3v) is 6.83. The SMILES string of the molecule is COc1cc(C(=O)NCc2nnc(SC[C@@H]3CCCO3)n2Cc2ccccc2)cc(OC)c1OC. The minimum Gasteiger partial charge on any atom is -0.493 e. The minimum absolute atomic E-state index is 0.218. The third-order valence-electron chi connectivity index (χ3n) is 5.73. The zero-order valence-electron chi connectivity index (χ0n) is 20.2. The number of nitrogens with one attached hydrogen (secondary N) is 1. The summed E-state index contributed by atoms with van der Waals surface area (Å²) in [5, 5.41) is 12.5. The Bertz CT molecular complexity index is 1110. The molecule has 9 nitrogen and oxygen atoms in total. The molecule has 1 fully saturated rings. The summed E-state index contributed by atoms with van der Waals surface area (Å²) in [7, 11) is 4.55. The lowest BCUT2D eigenvalue weighted by Crippen LogP contribution is -2.25. The maximum absolute atomic E-state index is 13.0. The zero-order chi connectivity index (χ0) is 24.6. The van der Waals surface area contributed by atoms with Gasteiger partial charge in [-0.15, -0.1) is 10.2 Å². The van der Waals surface area contributed by atoms with Crippen LogP contribution in [0.15, 0.2) is 47.6 Å². The number of hydrogen-bond donors (Lipinski definition) is 1. The Morgan fingerprint density at radius 1 is 1.11 bits per heavy atom. The smallest absolute Gasteiger partial charge is 0.251 e. The largest absolute Gasteiger partial charge is 0.493 e. The number of amides is 1. The molecular weight excluding hydrogens is 468 g/mol. The van der Waals surface area contributed by atoms with Crippen LogP contribution in [-0.2, 0) is 17.8 Å². The predicted octanol–water partition coefficient (Wildman–Crippen LogP) is 3.55. The number of nitrogens with zero attached hydrogens (tertiary/aromatic N) is 3. The van der Waals surface area contributed by atoms with Crippen molar-refractivity contribution in [3.05, 3.63) is 59.4 Å². The lowest BCUT2D eigenvalue weighted by atomic mass is 10.1. The van der Waals surface area contributed by atoms with E-state index in [1.165, 1.54) is 21.3 Å². The van der Waals surface area contributed by atoms with E-state index in [1.807, 2.05) is 22.8 Å². The van der Waals surface area contributed by atoms with Crippen molar-refractivity contribution in [3.8, 4) is 17.2 Å². The molecule has 0 radical (unpaired) electrons. The van der Waals surface area contributed by atoms with Crippen molar-refractivity contribution in [2.75, 3.05) is 33.7 Å². The molecule has 4 rings (SSSR count). The van der Waals surface area contributed by atoms with Crippen LogP contribution in [0.25, 0.3) is 0 Å². The van der Waals surface area contributed by atoms with Gasteiger partial charge in [-0.3, -0.25) is 4.79 Å². The maximum atomic E-state index is 13.0. The summed E-state index contributed by atoms with van der Waals surface area (Å²) in [5.74, 6) is 2.47. The molecule has 2 aromatic carbocycles. The molecule has 1 aliphatic rings. The van der Waals surface area contributed by atoms with Gasteiger partial charge in [0.2, 0.25) is 5.75 Å². The Hall–Kier alpha value is -3.24. The second-order valence-corrected chi connectivity index (χ2v) is 9.00. The zero-order valence-corrected chi connectivity index (χ0v) is 21.0. The van der Waals surface area contributed by atoms with Crippen LogP contribution in [-0.4, -0.2) is 60.5 Å². The molecular formula is C25H30N4O5S. The van der Waals surface area contributed by atoms with Crippen LogP contribution < -0.4 is 19.5 Å². The number of benzene rings is 2. The number of hydrogen-bond acceptors (Lipinski definition) is 8. The third kappa shape index (κ3) is 6.07. The number of aromatic nitrogens is 3. The van der Waals surface area contributed by atoms with Crippen LogP contribution in [0.5, 0.6) is 17.2 Å². The van der Waals surface area contributed by atoms with Gasteiger partial charge in [-0.25, -0.2) is 0 Å². The monoisotopic (exact) mass is 498 g/mol. The summed E-state index contributed by atoms with van der Waals surface area (Å²) in [6, 6.07) is 13.4. The van der Waals surface area contributed by atoms with Gasteiger partial charge in [-0.05, 0) is 30.5 Å². The lowest BCUT2D eigenvalue weighted by molar-refractivity contribution is 0.0948. The summed E-state index contributed by atoms with van der Waals surface area (Å²) < 4.78 is 23.9. The molecule has 35 heavy (non-hydrogen) atoms. The number of methoxy groups -OCH3 is 3. The fourth-order valence-corrected chi connectivity index (χ4v) is 4.92. The number of carbonyl (C=O) groups is 1. The van der Waals surface area contributed by atoms with Gasteiger partial charge in [0, 0.05) is 17.9 Å². The molecule has 1 atom stereocenters. The quantitative estimate of drug-likeness (QED) is 0.401. The van der Waals surface area contributed by atoms with E-state index in [0.29, 0.717) is 35.2 Å². The normalized spacial score (nSPS) is 15.1. The van der Waals surface area contributed by atoms with Crippen LogP contribution in [0.4, 0.5) is 0 Å². The first-order valence-electron chi connectivity index (χ1n) is 11.4. The van der Waals surface area contributed by atoms with E-state index in [-0.39, 0.29) is 18.6 Å². The Morgan fingerprint density at radius 2 is 1.86 bits per heavy atom. The van der Waals surface area contributed by atoms with Crippen molar-refractivity contribution in [3.63, 3.8) is 0 Å². The van der Waals surface area contributed by atoms with Crippen LogP contribution in [0.1, 0.15) is 34.6 Å². The van der Waals surface area contributed by atoms with Gasteiger partial charge < -0.3 is 28.8 Å². The molecule has 1 N–H and O–H groups in total. The molecule has 0 spiro atoms. The topological polar surface area (TPSA) is 96.7 Å². The van der Waals surface area contributed by atoms with Gasteiger partial charge in [-0.1, -0.05) is 42.1 Å². The summed E-state index contributed by atoms with van der Waals surface area (Å²) in [6.07, 6.45) is 2.41. The van der Waals surface area contributed by atoms with Crippen LogP contribution in [0, 0.1) is 0 Å². The van der Waals surface area contributed by atoms with Crippen molar-refractivity contribution < 1.29 is 23.7 Å². The maximum Gasteiger partial charge on any atom is 0.251 e. The molecule has 3 aromatic rings. The Balaban J connectivity index is 1.51. The average Bonchev–Trinajstić information content (AvgIpc) is 3.55. The fraction of sp³-hybridized carbons (Fsp3) is 0.400. The van der Waals surface area contributed by atoms with E-state index in [9.17, 15) is 4.79 Å². The van der Waals surface area contributed by atoms with Crippen LogP contribution >= 0.6 is 11.8 Å². The average molecular weight is 499 g/mol. The van der Waals surface area contributed by atoms with E-state index in [4.69, 9.17) is 18.9 Å². The molecule has 186 valence electrons. The first-order valence-corrected chi connectivity index (χ1v) is 12.4. The molecule has 0 saturated carbocycles. The predicted molar refractivity (Wildman–Crippen MR) is 133 cm³/mol. The summed E-state index contributed by atoms with van der Waals surface area (Å²) in [6.45, 7) is 1.65. The van der Waals surface area contributed by atoms with Gasteiger partial charge in [0.25, 0.3) is 5.91 Å². The summed E-state index contributed by atoms with van der Waals surface area (Å²) >= 11 is 1.63. The van der Waals surface area contributed by atoms with Crippen molar-refractivity contribution in [2.45, 2.75) is 37.2 Å². The first-order chi connectivity index (χ1) is 17.1. The molecule has 0 aliphatic carbocycles. The second kappa shape index (κ2) is 11.9. The summed E-state index contributed by atoms with van der Waals surface area (Å²) in [4.78, 5) is 13.0. The molecule has 0 bridgehead atoms. The number of rotatable bonds is 11. The van der Waals surface area contributed by atoms with E-state index >= 15 is 0 Å². The highest BCUT2D eigenvalue weighted by atomic mass is 32.2. The minimum atomic E-state index is -0.285. The van der Waals surface area contributed by atoms with Crippen molar-refractivity contribution in [1.29, 1.82) is 0 Å².